The van der Waals surface area contributed by atoms with Gasteiger partial charge < -0.3 is 16.1 Å². The summed E-state index contributed by atoms with van der Waals surface area (Å²) in [7, 11) is 0. The summed E-state index contributed by atoms with van der Waals surface area (Å²) in [5.41, 5.74) is 20.1. The highest BCUT2D eigenvalue weighted by molar-refractivity contribution is 6.13. The third-order valence-electron chi connectivity index (χ3n) is 9.35. The third kappa shape index (κ3) is 2.69. The Bertz CT molecular complexity index is 2290. The maximum atomic E-state index is 6.28. The molecule has 2 aliphatic rings. The molecule has 0 saturated heterocycles. The van der Waals surface area contributed by atoms with Crippen molar-refractivity contribution in [1.29, 1.82) is 0 Å². The SMILES string of the molecule is N/N=C(\N)c1ccccc1-c1ccc2c(c1)C1(c3ccccc3-2)c2ccccc2-n2c3ccccc3c3cccc1c32. The number of para-hydroxylation sites is 3. The fourth-order valence-electron chi connectivity index (χ4n) is 7.76. The van der Waals surface area contributed by atoms with E-state index in [0.717, 1.165) is 16.7 Å². The second-order valence-electron chi connectivity index (χ2n) is 11.2. The van der Waals surface area contributed by atoms with E-state index in [9.17, 15) is 0 Å². The van der Waals surface area contributed by atoms with Gasteiger partial charge in [0.1, 0.15) is 0 Å². The van der Waals surface area contributed by atoms with Crippen molar-refractivity contribution in [3.05, 3.63) is 161 Å². The smallest absolute Gasteiger partial charge is 0.150 e. The highest BCUT2D eigenvalue weighted by Gasteiger charge is 2.50. The molecule has 1 aromatic heterocycles. The van der Waals surface area contributed by atoms with Crippen molar-refractivity contribution in [2.45, 2.75) is 5.41 Å². The summed E-state index contributed by atoms with van der Waals surface area (Å²) in [6, 6.07) is 48.3. The van der Waals surface area contributed by atoms with Gasteiger partial charge in [0, 0.05) is 16.3 Å². The molecule has 0 saturated carbocycles. The van der Waals surface area contributed by atoms with Gasteiger partial charge in [-0.05, 0) is 62.7 Å². The molecule has 6 aromatic carbocycles. The van der Waals surface area contributed by atoms with Crippen molar-refractivity contribution in [3.8, 4) is 27.9 Å². The summed E-state index contributed by atoms with van der Waals surface area (Å²) >= 11 is 0. The average Bonchev–Trinajstić information content (AvgIpc) is 3.55. The Morgan fingerprint density at radius 3 is 2.12 bits per heavy atom. The molecule has 7 aromatic rings. The van der Waals surface area contributed by atoms with E-state index in [4.69, 9.17) is 11.6 Å². The zero-order valence-corrected chi connectivity index (χ0v) is 22.8. The van der Waals surface area contributed by atoms with Gasteiger partial charge in [0.25, 0.3) is 0 Å². The Hall–Kier alpha value is -5.61. The highest BCUT2D eigenvalue weighted by atomic mass is 15.2. The lowest BCUT2D eigenvalue weighted by molar-refractivity contribution is 0.749. The molecule has 1 atom stereocenters. The van der Waals surface area contributed by atoms with Crippen LogP contribution in [0.5, 0.6) is 0 Å². The lowest BCUT2D eigenvalue weighted by Crippen LogP contribution is -2.33. The van der Waals surface area contributed by atoms with Gasteiger partial charge in [0.2, 0.25) is 0 Å². The first-order valence-electron chi connectivity index (χ1n) is 14.2. The van der Waals surface area contributed by atoms with Crippen LogP contribution in [0.2, 0.25) is 0 Å². The summed E-state index contributed by atoms with van der Waals surface area (Å²) in [6.45, 7) is 0. The van der Waals surface area contributed by atoms with Gasteiger partial charge in [-0.1, -0.05) is 115 Å². The minimum atomic E-state index is -0.495. The maximum absolute atomic E-state index is 6.28. The molecule has 42 heavy (non-hydrogen) atoms. The lowest BCUT2D eigenvalue weighted by atomic mass is 9.65. The largest absolute Gasteiger partial charge is 0.382 e. The number of nitrogens with two attached hydrogens (primary N) is 2. The topological polar surface area (TPSA) is 69.3 Å². The average molecular weight is 539 g/mol. The molecule has 4 N–H and O–H groups in total. The Kier molecular flexibility index (Phi) is 4.52. The molecule has 1 aliphatic carbocycles. The van der Waals surface area contributed by atoms with Crippen LogP contribution in [0.25, 0.3) is 49.7 Å². The molecule has 0 amide bonds. The summed E-state index contributed by atoms with van der Waals surface area (Å²) in [5, 5.41) is 6.37. The number of fused-ring (bicyclic) bond motifs is 12. The van der Waals surface area contributed by atoms with E-state index in [-0.39, 0.29) is 0 Å². The van der Waals surface area contributed by atoms with Gasteiger partial charge in [-0.15, -0.1) is 0 Å². The Morgan fingerprint density at radius 1 is 0.571 bits per heavy atom. The number of aromatic nitrogens is 1. The van der Waals surface area contributed by atoms with E-state index in [2.05, 4.69) is 125 Å². The second kappa shape index (κ2) is 8.21. The standard InChI is InChI=1S/C38H26N4/c39-37(41-40)29-13-2-1-10-24(29)23-20-21-26-25-11-3-5-15-30(25)38(33(26)22-23)31-16-6-8-19-35(31)42-34-18-7-4-12-27(34)28-14-9-17-32(38)36(28)42/h1-22H,40H2,(H2,39,41). The molecule has 0 radical (unpaired) electrons. The van der Waals surface area contributed by atoms with Gasteiger partial charge in [0.15, 0.2) is 5.84 Å². The number of hydrogen-bond acceptors (Lipinski definition) is 2. The molecule has 1 aliphatic heterocycles. The summed E-state index contributed by atoms with van der Waals surface area (Å²) in [6.07, 6.45) is 0. The lowest BCUT2D eigenvalue weighted by Gasteiger charge is -2.39. The molecular weight excluding hydrogens is 512 g/mol. The monoisotopic (exact) mass is 538 g/mol. The second-order valence-corrected chi connectivity index (χ2v) is 11.2. The molecule has 4 nitrogen and oxygen atoms in total. The van der Waals surface area contributed by atoms with Gasteiger partial charge in [-0.25, -0.2) is 0 Å². The first-order valence-corrected chi connectivity index (χ1v) is 14.2. The molecule has 0 bridgehead atoms. The normalized spacial score (nSPS) is 16.5. The minimum Gasteiger partial charge on any atom is -0.382 e. The van der Waals surface area contributed by atoms with Crippen LogP contribution >= 0.6 is 0 Å². The molecule has 4 heteroatoms. The van der Waals surface area contributed by atoms with Crippen LogP contribution in [-0.4, -0.2) is 10.4 Å². The van der Waals surface area contributed by atoms with Crippen molar-refractivity contribution in [2.24, 2.45) is 16.7 Å². The van der Waals surface area contributed by atoms with Crippen LogP contribution < -0.4 is 11.6 Å². The fourth-order valence-corrected chi connectivity index (χ4v) is 7.76. The zero-order valence-electron chi connectivity index (χ0n) is 22.8. The van der Waals surface area contributed by atoms with Crippen LogP contribution in [0.15, 0.2) is 139 Å². The summed E-state index contributed by atoms with van der Waals surface area (Å²) in [5.74, 6) is 5.97. The van der Waals surface area contributed by atoms with Crippen LogP contribution in [0.3, 0.4) is 0 Å². The Balaban J connectivity index is 1.47. The molecule has 0 fully saturated rings. The first kappa shape index (κ1) is 23.1. The molecule has 1 unspecified atom stereocenters. The summed E-state index contributed by atoms with van der Waals surface area (Å²) < 4.78 is 2.47. The third-order valence-corrected chi connectivity index (χ3v) is 9.35. The van der Waals surface area contributed by atoms with Crippen molar-refractivity contribution >= 4 is 27.6 Å². The number of rotatable bonds is 2. The van der Waals surface area contributed by atoms with E-state index in [1.54, 1.807) is 0 Å². The number of hydrazone groups is 1. The van der Waals surface area contributed by atoms with Crippen molar-refractivity contribution in [1.82, 2.24) is 4.57 Å². The van der Waals surface area contributed by atoms with Crippen molar-refractivity contribution < 1.29 is 0 Å². The number of benzene rings is 6. The van der Waals surface area contributed by atoms with Gasteiger partial charge in [-0.2, -0.15) is 5.10 Å². The molecule has 2 heterocycles. The fraction of sp³-hybridized carbons (Fsp3) is 0.0263. The van der Waals surface area contributed by atoms with E-state index in [0.29, 0.717) is 5.84 Å². The van der Waals surface area contributed by atoms with Gasteiger partial charge >= 0.3 is 0 Å². The highest BCUT2D eigenvalue weighted by Crippen LogP contribution is 2.61. The van der Waals surface area contributed by atoms with Crippen LogP contribution in [0.4, 0.5) is 0 Å². The molecule has 1 spiro atoms. The summed E-state index contributed by atoms with van der Waals surface area (Å²) in [4.78, 5) is 0. The number of amidine groups is 1. The van der Waals surface area contributed by atoms with Crippen LogP contribution in [-0.2, 0) is 5.41 Å². The van der Waals surface area contributed by atoms with E-state index in [1.807, 2.05) is 18.2 Å². The predicted molar refractivity (Wildman–Crippen MR) is 172 cm³/mol. The Labute approximate surface area is 243 Å². The predicted octanol–water partition coefficient (Wildman–Crippen LogP) is 7.71. The molecule has 9 rings (SSSR count). The van der Waals surface area contributed by atoms with Gasteiger partial charge in [-0.3, -0.25) is 0 Å². The molecular formula is C38H26N4. The maximum Gasteiger partial charge on any atom is 0.150 e. The first-order chi connectivity index (χ1) is 20.7. The van der Waals surface area contributed by atoms with Crippen molar-refractivity contribution in [2.75, 3.05) is 0 Å². The van der Waals surface area contributed by atoms with Crippen LogP contribution in [0.1, 0.15) is 27.8 Å². The van der Waals surface area contributed by atoms with E-state index < -0.39 is 5.41 Å². The Morgan fingerprint density at radius 2 is 1.24 bits per heavy atom. The van der Waals surface area contributed by atoms with Gasteiger partial charge in [0.05, 0.1) is 22.1 Å². The minimum absolute atomic E-state index is 0.321. The number of hydrogen-bond donors (Lipinski definition) is 2. The van der Waals surface area contributed by atoms with Crippen molar-refractivity contribution in [3.63, 3.8) is 0 Å². The van der Waals surface area contributed by atoms with Crippen LogP contribution in [0, 0.1) is 0 Å². The molecule has 198 valence electrons. The number of nitrogens with zero attached hydrogens (tertiary/aromatic N) is 2. The van der Waals surface area contributed by atoms with E-state index >= 15 is 0 Å². The van der Waals surface area contributed by atoms with E-state index in [1.165, 1.54) is 60.9 Å². The zero-order chi connectivity index (χ0) is 28.0. The quantitative estimate of drug-likeness (QED) is 0.102.